The Morgan fingerprint density at radius 2 is 0.582 bits per heavy atom. The van der Waals surface area contributed by atoms with Crippen molar-refractivity contribution in [2.24, 2.45) is 17.8 Å². The average Bonchev–Trinajstić information content (AvgIpc) is 3.42. The Morgan fingerprint density at radius 3 is 0.797 bits per heavy atom. The van der Waals surface area contributed by atoms with E-state index in [2.05, 4.69) is 102 Å². The third-order valence-electron chi connectivity index (χ3n) is 14.2. The van der Waals surface area contributed by atoms with Gasteiger partial charge in [-0.25, -0.2) is 0 Å². The van der Waals surface area contributed by atoms with E-state index in [9.17, 15) is 34.5 Å². The molecule has 0 amide bonds. The molecule has 0 saturated carbocycles. The van der Waals surface area contributed by atoms with Crippen LogP contribution in [0.15, 0.2) is 36.5 Å². The van der Waals surface area contributed by atoms with Gasteiger partial charge in [0.25, 0.3) is 0 Å². The number of rotatable bonds is 56. The predicted octanol–water partition coefficient (Wildman–Crippen LogP) is 17.3. The number of aliphatic carboxylic acids is 3. The molecule has 0 N–H and O–H groups in total. The molecule has 12 heteroatoms. The summed E-state index contributed by atoms with van der Waals surface area (Å²) >= 11 is 13.7. The normalized spacial score (nSPS) is 12.4. The van der Waals surface area contributed by atoms with Crippen molar-refractivity contribution < 1.29 is 39.2 Å². The standard InChI is InChI=1S/3C20H38O2S.C7H13O2.Sn/c3*1-2-3-4-5-6-7-8-9-10-11-12-13-14-15-16-19(17-18-23)20(21)22;1-3-5-6-9-7(8)4-2;/h3*9-10,19,23H,2-8,11-18H2,1H3,(H,21,22);2-6H2,1H3;/q;;;;+3/p-3. The van der Waals surface area contributed by atoms with Gasteiger partial charge >= 0.3 is 75.3 Å². The Balaban J connectivity index is -0.000000491. The number of carboxylic acids is 3. The van der Waals surface area contributed by atoms with Crippen LogP contribution in [-0.4, -0.2) is 70.3 Å². The van der Waals surface area contributed by atoms with Gasteiger partial charge in [0.15, 0.2) is 0 Å². The van der Waals surface area contributed by atoms with Crippen LogP contribution in [0, 0.1) is 17.8 Å². The summed E-state index contributed by atoms with van der Waals surface area (Å²) in [4.78, 5) is 43.4. The fraction of sp³-hybridized carbons (Fsp3) is 0.851. The molecule has 3 atom stereocenters. The number of esters is 1. The number of hydrogen-bond donors (Lipinski definition) is 3. The van der Waals surface area contributed by atoms with Crippen LogP contribution in [0.2, 0.25) is 4.44 Å². The Hall–Kier alpha value is -1.05. The zero-order valence-electron chi connectivity index (χ0n) is 51.7. The van der Waals surface area contributed by atoms with Crippen molar-refractivity contribution in [2.45, 2.75) is 321 Å². The van der Waals surface area contributed by atoms with Crippen molar-refractivity contribution in [3.63, 3.8) is 0 Å². The Kier molecular flexibility index (Phi) is 80.1. The van der Waals surface area contributed by atoms with Crippen molar-refractivity contribution >= 4 is 84.3 Å². The fourth-order valence-electron chi connectivity index (χ4n) is 8.97. The molecule has 0 fully saturated rings. The van der Waals surface area contributed by atoms with Gasteiger partial charge < -0.3 is 29.7 Å². The third kappa shape index (κ3) is 74.9. The van der Waals surface area contributed by atoms with E-state index >= 15 is 0 Å². The summed E-state index contributed by atoms with van der Waals surface area (Å²) in [6.07, 6.45) is 66.1. The van der Waals surface area contributed by atoms with Gasteiger partial charge in [-0.2, -0.15) is 37.9 Å². The summed E-state index contributed by atoms with van der Waals surface area (Å²) in [5, 5.41) is 32.7. The molecule has 3 unspecified atom stereocenters. The summed E-state index contributed by atoms with van der Waals surface area (Å²) < 4.78 is 5.87. The topological polar surface area (TPSA) is 147 Å². The van der Waals surface area contributed by atoms with Crippen LogP contribution in [0.3, 0.4) is 0 Å². The number of allylic oxidation sites excluding steroid dienone is 6. The zero-order valence-corrected chi connectivity index (χ0v) is 57.2. The maximum atomic E-state index is 10.9. The molecule has 0 heterocycles. The second-order valence-corrected chi connectivity index (χ2v) is 24.5. The molecule has 0 aliphatic rings. The van der Waals surface area contributed by atoms with E-state index in [1.54, 1.807) is 0 Å². The molecule has 0 bridgehead atoms. The second kappa shape index (κ2) is 75.0. The number of hydrogen-bond acceptors (Lipinski definition) is 11. The molecule has 0 rings (SSSR count). The summed E-state index contributed by atoms with van der Waals surface area (Å²) in [6.45, 7) is 9.45. The van der Waals surface area contributed by atoms with Crippen LogP contribution >= 0.6 is 37.9 Å². The van der Waals surface area contributed by atoms with Crippen molar-refractivity contribution in [3.8, 4) is 0 Å². The molecule has 0 aliphatic heterocycles. The second-order valence-electron chi connectivity index (χ2n) is 21.7. The first-order valence-electron chi connectivity index (χ1n) is 32.7. The van der Waals surface area contributed by atoms with Crippen molar-refractivity contribution in [2.75, 3.05) is 23.9 Å². The van der Waals surface area contributed by atoms with Gasteiger partial charge in [-0.15, -0.1) is 0 Å². The van der Waals surface area contributed by atoms with Gasteiger partial charge in [-0.05, 0) is 151 Å². The minimum atomic E-state index is -0.906. The molecule has 0 aromatic carbocycles. The Bertz CT molecular complexity index is 1210. The Labute approximate surface area is 519 Å². The van der Waals surface area contributed by atoms with Crippen LogP contribution in [0.5, 0.6) is 0 Å². The first-order valence-corrected chi connectivity index (χ1v) is 36.6. The third-order valence-corrected chi connectivity index (χ3v) is 15.7. The van der Waals surface area contributed by atoms with E-state index < -0.39 is 17.9 Å². The van der Waals surface area contributed by atoms with Gasteiger partial charge in [0, 0.05) is 17.9 Å². The predicted molar refractivity (Wildman–Crippen MR) is 346 cm³/mol. The number of carbonyl (C=O) groups is 4. The van der Waals surface area contributed by atoms with Crippen LogP contribution < -0.4 is 15.3 Å². The Morgan fingerprint density at radius 1 is 0.354 bits per heavy atom. The van der Waals surface area contributed by atoms with Crippen molar-refractivity contribution in [3.05, 3.63) is 36.5 Å². The molecular weight excluding hydrogens is 1150 g/mol. The molecule has 0 saturated heterocycles. The quantitative estimate of drug-likeness (QED) is 0.0179. The number of ether oxygens (including phenoxy) is 1. The molecular formula is C67H124O8S3Sn. The molecule has 462 valence electrons. The van der Waals surface area contributed by atoms with Gasteiger partial charge in [-0.3, -0.25) is 0 Å². The monoisotopic (exact) mass is 1270 g/mol. The first kappa shape index (κ1) is 84.4. The molecule has 0 aliphatic carbocycles. The SMILES string of the molecule is CCCCCCCCC=CCCCCCCC(CCS)C(=O)[O-].CCCCCCCCC=CCCCCCCC(CCS)C(=O)[O-].CCCCCCCCC=CCCCCCCC(CCS)C(=O)[O-].CCCCOC(=O)C[CH2][Sn+3]. The summed E-state index contributed by atoms with van der Waals surface area (Å²) in [5.74, 6) is -1.78. The van der Waals surface area contributed by atoms with Gasteiger partial charge in [0.2, 0.25) is 0 Å². The number of carbonyl (C=O) groups excluding carboxylic acids is 4. The fourth-order valence-corrected chi connectivity index (χ4v) is 10.5. The van der Waals surface area contributed by atoms with Gasteiger partial charge in [-0.1, -0.05) is 211 Å². The van der Waals surface area contributed by atoms with E-state index in [0.29, 0.717) is 49.5 Å². The number of unbranched alkanes of at least 4 members (excludes halogenated alkanes) is 31. The molecule has 0 aromatic heterocycles. The number of thiol groups is 3. The van der Waals surface area contributed by atoms with Crippen LogP contribution in [-0.2, 0) is 23.9 Å². The molecule has 0 spiro atoms. The average molecular weight is 1270 g/mol. The van der Waals surface area contributed by atoms with Crippen molar-refractivity contribution in [1.29, 1.82) is 0 Å². The first-order chi connectivity index (χ1) is 38.5. The van der Waals surface area contributed by atoms with Gasteiger partial charge in [0.1, 0.15) is 0 Å². The molecule has 0 radical (unpaired) electrons. The minimum absolute atomic E-state index is 0.0368. The van der Waals surface area contributed by atoms with Crippen LogP contribution in [0.1, 0.15) is 317 Å². The zero-order chi connectivity index (χ0) is 59.3. The van der Waals surface area contributed by atoms with E-state index in [-0.39, 0.29) is 23.7 Å². The summed E-state index contributed by atoms with van der Waals surface area (Å²) in [6, 6.07) is 0. The summed E-state index contributed by atoms with van der Waals surface area (Å²) in [5.41, 5.74) is 0. The molecule has 0 aromatic rings. The number of carboxylic acid groups (broad SMARTS) is 3. The van der Waals surface area contributed by atoms with Gasteiger partial charge in [0.05, 0.1) is 0 Å². The maximum absolute atomic E-state index is 10.9. The van der Waals surface area contributed by atoms with Crippen LogP contribution in [0.4, 0.5) is 0 Å². The van der Waals surface area contributed by atoms with Crippen LogP contribution in [0.25, 0.3) is 0 Å². The van der Waals surface area contributed by atoms with E-state index in [4.69, 9.17) is 4.74 Å². The van der Waals surface area contributed by atoms with Crippen molar-refractivity contribution in [1.82, 2.24) is 0 Å². The van der Waals surface area contributed by atoms with E-state index in [1.165, 1.54) is 196 Å². The van der Waals surface area contributed by atoms with E-state index in [1.807, 2.05) is 0 Å². The van der Waals surface area contributed by atoms with E-state index in [0.717, 1.165) is 94.3 Å². The summed E-state index contributed by atoms with van der Waals surface area (Å²) in [7, 11) is 0. The molecule has 79 heavy (non-hydrogen) atoms. The molecule has 8 nitrogen and oxygen atoms in total.